The highest BCUT2D eigenvalue weighted by molar-refractivity contribution is 9.09. The van der Waals surface area contributed by atoms with Crippen LogP contribution in [0.3, 0.4) is 0 Å². The van der Waals surface area contributed by atoms with Crippen LogP contribution in [0.25, 0.3) is 0 Å². The second kappa shape index (κ2) is 4.26. The standard InChI is InChI=1S/C9H15BrO2/c1-2-12-8(11)9(6-7-10)4-3-5-9/h2-7H2,1H3. The Bertz CT molecular complexity index is 164. The van der Waals surface area contributed by atoms with Gasteiger partial charge in [0, 0.05) is 5.33 Å². The molecule has 0 atom stereocenters. The van der Waals surface area contributed by atoms with Gasteiger partial charge in [0.1, 0.15) is 0 Å². The maximum absolute atomic E-state index is 11.5. The van der Waals surface area contributed by atoms with Crippen LogP contribution in [0.5, 0.6) is 0 Å². The van der Waals surface area contributed by atoms with Gasteiger partial charge in [0.2, 0.25) is 0 Å². The van der Waals surface area contributed by atoms with Crippen LogP contribution in [0.1, 0.15) is 32.6 Å². The number of rotatable bonds is 4. The fourth-order valence-corrected chi connectivity index (χ4v) is 2.38. The molecule has 0 bridgehead atoms. The molecule has 1 saturated carbocycles. The van der Waals surface area contributed by atoms with Gasteiger partial charge in [0.05, 0.1) is 12.0 Å². The first kappa shape index (κ1) is 10.0. The van der Waals surface area contributed by atoms with E-state index in [1.54, 1.807) is 0 Å². The number of carbonyl (C=O) groups excluding carboxylic acids is 1. The lowest BCUT2D eigenvalue weighted by Crippen LogP contribution is -2.39. The Morgan fingerprint density at radius 2 is 2.25 bits per heavy atom. The van der Waals surface area contributed by atoms with E-state index in [9.17, 15) is 4.79 Å². The molecule has 1 rings (SSSR count). The zero-order chi connectivity index (χ0) is 9.03. The number of esters is 1. The lowest BCUT2D eigenvalue weighted by Gasteiger charge is -2.38. The molecule has 0 aromatic carbocycles. The molecule has 0 amide bonds. The van der Waals surface area contributed by atoms with Gasteiger partial charge in [-0.2, -0.15) is 0 Å². The van der Waals surface area contributed by atoms with Crippen LogP contribution in [0.2, 0.25) is 0 Å². The molecular weight excluding hydrogens is 220 g/mol. The van der Waals surface area contributed by atoms with Gasteiger partial charge in [0.25, 0.3) is 0 Å². The van der Waals surface area contributed by atoms with Crippen LogP contribution in [0.15, 0.2) is 0 Å². The van der Waals surface area contributed by atoms with Crippen molar-refractivity contribution in [1.29, 1.82) is 0 Å². The minimum Gasteiger partial charge on any atom is -0.466 e. The molecule has 0 radical (unpaired) electrons. The summed E-state index contributed by atoms with van der Waals surface area (Å²) in [5.41, 5.74) is -0.125. The van der Waals surface area contributed by atoms with E-state index in [4.69, 9.17) is 4.74 Å². The summed E-state index contributed by atoms with van der Waals surface area (Å²) in [7, 11) is 0. The second-order valence-electron chi connectivity index (χ2n) is 3.29. The van der Waals surface area contributed by atoms with Crippen LogP contribution in [0.4, 0.5) is 0 Å². The Kier molecular flexibility index (Phi) is 3.56. The van der Waals surface area contributed by atoms with Crippen LogP contribution in [0, 0.1) is 5.41 Å². The molecule has 0 aliphatic heterocycles. The lowest BCUT2D eigenvalue weighted by atomic mass is 9.67. The summed E-state index contributed by atoms with van der Waals surface area (Å²) in [6.45, 7) is 2.36. The Hall–Kier alpha value is -0.0500. The second-order valence-corrected chi connectivity index (χ2v) is 4.09. The van der Waals surface area contributed by atoms with E-state index in [-0.39, 0.29) is 11.4 Å². The highest BCUT2D eigenvalue weighted by atomic mass is 79.9. The average molecular weight is 235 g/mol. The fourth-order valence-electron chi connectivity index (χ4n) is 1.62. The van der Waals surface area contributed by atoms with Crippen LogP contribution in [-0.4, -0.2) is 17.9 Å². The molecule has 0 saturated heterocycles. The predicted molar refractivity (Wildman–Crippen MR) is 51.3 cm³/mol. The van der Waals surface area contributed by atoms with Gasteiger partial charge >= 0.3 is 5.97 Å². The van der Waals surface area contributed by atoms with Gasteiger partial charge < -0.3 is 4.74 Å². The van der Waals surface area contributed by atoms with Crippen molar-refractivity contribution >= 4 is 21.9 Å². The zero-order valence-corrected chi connectivity index (χ0v) is 9.02. The van der Waals surface area contributed by atoms with Crippen LogP contribution in [-0.2, 0) is 9.53 Å². The maximum atomic E-state index is 11.5. The monoisotopic (exact) mass is 234 g/mol. The topological polar surface area (TPSA) is 26.3 Å². The van der Waals surface area contributed by atoms with Crippen molar-refractivity contribution in [2.45, 2.75) is 32.6 Å². The van der Waals surface area contributed by atoms with E-state index in [0.717, 1.165) is 24.6 Å². The summed E-state index contributed by atoms with van der Waals surface area (Å²) in [6, 6.07) is 0. The third kappa shape index (κ3) is 1.82. The molecule has 0 aromatic rings. The van der Waals surface area contributed by atoms with Crippen molar-refractivity contribution < 1.29 is 9.53 Å². The average Bonchev–Trinajstić information content (AvgIpc) is 1.97. The van der Waals surface area contributed by atoms with E-state index < -0.39 is 0 Å². The van der Waals surface area contributed by atoms with Crippen molar-refractivity contribution in [2.24, 2.45) is 5.41 Å². The van der Waals surface area contributed by atoms with Gasteiger partial charge in [-0.3, -0.25) is 4.79 Å². The molecule has 0 aromatic heterocycles. The van der Waals surface area contributed by atoms with Gasteiger partial charge in [-0.25, -0.2) is 0 Å². The molecule has 1 aliphatic rings. The number of halogens is 1. The molecule has 70 valence electrons. The maximum Gasteiger partial charge on any atom is 0.312 e. The molecule has 1 aliphatic carbocycles. The molecule has 0 spiro atoms. The summed E-state index contributed by atoms with van der Waals surface area (Å²) in [6.07, 6.45) is 4.12. The number of hydrogen-bond acceptors (Lipinski definition) is 2. The van der Waals surface area contributed by atoms with Crippen molar-refractivity contribution in [2.75, 3.05) is 11.9 Å². The highest BCUT2D eigenvalue weighted by Gasteiger charge is 2.44. The summed E-state index contributed by atoms with van der Waals surface area (Å²) in [4.78, 5) is 11.5. The minimum atomic E-state index is -0.125. The SMILES string of the molecule is CCOC(=O)C1(CCBr)CCC1. The summed E-state index contributed by atoms with van der Waals surface area (Å²) >= 11 is 3.37. The molecule has 1 fully saturated rings. The Labute approximate surface area is 81.8 Å². The first-order valence-electron chi connectivity index (χ1n) is 4.48. The summed E-state index contributed by atoms with van der Waals surface area (Å²) < 4.78 is 5.04. The summed E-state index contributed by atoms with van der Waals surface area (Å²) in [5, 5.41) is 0.895. The quantitative estimate of drug-likeness (QED) is 0.552. The first-order valence-corrected chi connectivity index (χ1v) is 5.60. The smallest absolute Gasteiger partial charge is 0.312 e. The first-order chi connectivity index (χ1) is 5.75. The van der Waals surface area contributed by atoms with E-state index in [0.29, 0.717) is 6.61 Å². The van der Waals surface area contributed by atoms with Crippen LogP contribution < -0.4 is 0 Å². The molecule has 12 heavy (non-hydrogen) atoms. The Morgan fingerprint density at radius 1 is 1.58 bits per heavy atom. The zero-order valence-electron chi connectivity index (χ0n) is 7.44. The largest absolute Gasteiger partial charge is 0.466 e. The van der Waals surface area contributed by atoms with Crippen molar-refractivity contribution in [3.63, 3.8) is 0 Å². The molecular formula is C9H15BrO2. The van der Waals surface area contributed by atoms with E-state index in [1.165, 1.54) is 6.42 Å². The minimum absolute atomic E-state index is 0.00991. The molecule has 2 nitrogen and oxygen atoms in total. The lowest BCUT2D eigenvalue weighted by molar-refractivity contribution is -0.161. The van der Waals surface area contributed by atoms with Crippen LogP contribution >= 0.6 is 15.9 Å². The number of carbonyl (C=O) groups is 1. The van der Waals surface area contributed by atoms with Gasteiger partial charge in [-0.15, -0.1) is 0 Å². The normalized spacial score (nSPS) is 19.8. The fraction of sp³-hybridized carbons (Fsp3) is 0.889. The number of ether oxygens (including phenoxy) is 1. The Balaban J connectivity index is 2.47. The predicted octanol–water partition coefficient (Wildman–Crippen LogP) is 2.50. The molecule has 0 N–H and O–H groups in total. The van der Waals surface area contributed by atoms with E-state index in [2.05, 4.69) is 15.9 Å². The number of hydrogen-bond donors (Lipinski definition) is 0. The van der Waals surface area contributed by atoms with E-state index in [1.807, 2.05) is 6.92 Å². The highest BCUT2D eigenvalue weighted by Crippen LogP contribution is 2.45. The number of alkyl halides is 1. The van der Waals surface area contributed by atoms with Crippen molar-refractivity contribution in [1.82, 2.24) is 0 Å². The molecule has 0 unspecified atom stereocenters. The third-order valence-electron chi connectivity index (χ3n) is 2.59. The molecule has 3 heteroatoms. The van der Waals surface area contributed by atoms with Crippen molar-refractivity contribution in [3.8, 4) is 0 Å². The molecule has 0 heterocycles. The van der Waals surface area contributed by atoms with Gasteiger partial charge in [-0.1, -0.05) is 22.4 Å². The van der Waals surface area contributed by atoms with Gasteiger partial charge in [-0.05, 0) is 26.2 Å². The Morgan fingerprint density at radius 3 is 2.58 bits per heavy atom. The van der Waals surface area contributed by atoms with Gasteiger partial charge in [0.15, 0.2) is 0 Å². The summed E-state index contributed by atoms with van der Waals surface area (Å²) in [5.74, 6) is 0.00991. The van der Waals surface area contributed by atoms with Crippen molar-refractivity contribution in [3.05, 3.63) is 0 Å². The van der Waals surface area contributed by atoms with E-state index >= 15 is 0 Å². The third-order valence-corrected chi connectivity index (χ3v) is 2.99.